The Morgan fingerprint density at radius 3 is 2.17 bits per heavy atom. The van der Waals surface area contributed by atoms with Crippen molar-refractivity contribution in [2.45, 2.75) is 53.3 Å². The van der Waals surface area contributed by atoms with Gasteiger partial charge < -0.3 is 0 Å². The van der Waals surface area contributed by atoms with Crippen LogP contribution in [0.5, 0.6) is 0 Å². The van der Waals surface area contributed by atoms with Crippen molar-refractivity contribution in [3.8, 4) is 0 Å². The first-order valence-electron chi connectivity index (χ1n) is 5.11. The van der Waals surface area contributed by atoms with Crippen LogP contribution in [-0.2, 0) is 0 Å². The third-order valence-corrected chi connectivity index (χ3v) is 1.63. The van der Waals surface area contributed by atoms with Crippen molar-refractivity contribution in [3.63, 3.8) is 0 Å². The molecule has 0 saturated carbocycles. The Kier molecular flexibility index (Phi) is 6.23. The summed E-state index contributed by atoms with van der Waals surface area (Å²) in [5.41, 5.74) is 1.53. The highest BCUT2D eigenvalue weighted by Gasteiger charge is 2.03. The zero-order valence-corrected chi connectivity index (χ0v) is 9.22. The van der Waals surface area contributed by atoms with E-state index in [4.69, 9.17) is 0 Å². The van der Waals surface area contributed by atoms with Gasteiger partial charge in [0.1, 0.15) is 7.28 Å². The van der Waals surface area contributed by atoms with Gasteiger partial charge in [-0.25, -0.2) is 0 Å². The van der Waals surface area contributed by atoms with Crippen LogP contribution in [0.1, 0.15) is 47.5 Å². The SMILES string of the molecule is CCC/C([B]C(C)C)=C\C(C)C. The van der Waals surface area contributed by atoms with Crippen molar-refractivity contribution in [2.24, 2.45) is 5.92 Å². The maximum Gasteiger partial charge on any atom is 0.148 e. The fourth-order valence-electron chi connectivity index (χ4n) is 1.37. The molecule has 0 saturated heterocycles. The summed E-state index contributed by atoms with van der Waals surface area (Å²) in [5, 5.41) is 0. The zero-order chi connectivity index (χ0) is 9.56. The molecule has 1 heteroatoms. The fraction of sp³-hybridized carbons (Fsp3) is 0.818. The second-order valence-electron chi connectivity index (χ2n) is 4.15. The monoisotopic (exact) mass is 165 g/mol. The van der Waals surface area contributed by atoms with Gasteiger partial charge in [-0.3, -0.25) is 0 Å². The molecular formula is C11H22B. The predicted molar refractivity (Wildman–Crippen MR) is 58.7 cm³/mol. The summed E-state index contributed by atoms with van der Waals surface area (Å²) >= 11 is 0. The third kappa shape index (κ3) is 6.51. The summed E-state index contributed by atoms with van der Waals surface area (Å²) in [4.78, 5) is 0. The molecule has 0 amide bonds. The summed E-state index contributed by atoms with van der Waals surface area (Å²) in [7, 11) is 2.38. The van der Waals surface area contributed by atoms with Crippen LogP contribution in [0.2, 0.25) is 5.82 Å². The lowest BCUT2D eigenvalue weighted by Gasteiger charge is -2.09. The Morgan fingerprint density at radius 2 is 1.83 bits per heavy atom. The lowest BCUT2D eigenvalue weighted by atomic mass is 9.58. The molecule has 0 nitrogen and oxygen atoms in total. The molecule has 1 radical (unpaired) electrons. The van der Waals surface area contributed by atoms with Crippen molar-refractivity contribution < 1.29 is 0 Å². The van der Waals surface area contributed by atoms with Gasteiger partial charge in [0.2, 0.25) is 0 Å². The third-order valence-electron chi connectivity index (χ3n) is 1.63. The van der Waals surface area contributed by atoms with Crippen molar-refractivity contribution >= 4 is 7.28 Å². The van der Waals surface area contributed by atoms with Gasteiger partial charge in [0, 0.05) is 0 Å². The standard InChI is InChI=1S/C11H22B/c1-6-7-11(8-9(2)3)12-10(4)5/h8-10H,6-7H2,1-5H3/b11-8+. The Morgan fingerprint density at radius 1 is 1.25 bits per heavy atom. The molecule has 0 aliphatic heterocycles. The number of rotatable bonds is 5. The molecule has 0 aromatic rings. The molecule has 0 aromatic carbocycles. The highest BCUT2D eigenvalue weighted by molar-refractivity contribution is 6.46. The average molecular weight is 165 g/mol. The molecule has 0 unspecified atom stereocenters. The molecule has 0 aliphatic carbocycles. The van der Waals surface area contributed by atoms with E-state index in [0.717, 1.165) is 0 Å². The second kappa shape index (κ2) is 6.34. The number of hydrogen-bond acceptors (Lipinski definition) is 0. The zero-order valence-electron chi connectivity index (χ0n) is 9.22. The normalized spacial score (nSPS) is 12.8. The van der Waals surface area contributed by atoms with Crippen LogP contribution in [0.25, 0.3) is 0 Å². The van der Waals surface area contributed by atoms with Crippen LogP contribution in [0.4, 0.5) is 0 Å². The summed E-state index contributed by atoms with van der Waals surface area (Å²) < 4.78 is 0. The van der Waals surface area contributed by atoms with Crippen LogP contribution < -0.4 is 0 Å². The molecule has 0 rings (SSSR count). The largest absolute Gasteiger partial charge is 0.148 e. The van der Waals surface area contributed by atoms with Gasteiger partial charge in [0.05, 0.1) is 0 Å². The van der Waals surface area contributed by atoms with Gasteiger partial charge in [0.15, 0.2) is 0 Å². The summed E-state index contributed by atoms with van der Waals surface area (Å²) in [6, 6.07) is 0. The maximum atomic E-state index is 2.38. The Labute approximate surface area is 78.7 Å². The summed E-state index contributed by atoms with van der Waals surface area (Å²) in [6.07, 6.45) is 4.86. The van der Waals surface area contributed by atoms with Gasteiger partial charge >= 0.3 is 0 Å². The van der Waals surface area contributed by atoms with E-state index in [9.17, 15) is 0 Å². The van der Waals surface area contributed by atoms with Gasteiger partial charge in [-0.15, -0.1) is 5.47 Å². The smallest absolute Gasteiger partial charge is 0.112 e. The van der Waals surface area contributed by atoms with E-state index >= 15 is 0 Å². The van der Waals surface area contributed by atoms with E-state index < -0.39 is 0 Å². The molecule has 0 spiro atoms. The van der Waals surface area contributed by atoms with Crippen molar-refractivity contribution in [3.05, 3.63) is 11.5 Å². The Balaban J connectivity index is 4.03. The molecule has 0 fully saturated rings. The van der Waals surface area contributed by atoms with Gasteiger partial charge in [-0.1, -0.05) is 52.9 Å². The molecule has 0 N–H and O–H groups in total. The first kappa shape index (κ1) is 11.8. The molecule has 0 aromatic heterocycles. The van der Waals surface area contributed by atoms with Crippen LogP contribution in [0, 0.1) is 5.92 Å². The van der Waals surface area contributed by atoms with Crippen LogP contribution in [0.3, 0.4) is 0 Å². The van der Waals surface area contributed by atoms with Crippen LogP contribution >= 0.6 is 0 Å². The number of allylic oxidation sites excluding steroid dienone is 2. The number of hydrogen-bond donors (Lipinski definition) is 0. The van der Waals surface area contributed by atoms with Crippen molar-refractivity contribution in [2.75, 3.05) is 0 Å². The Hall–Kier alpha value is -0.195. The van der Waals surface area contributed by atoms with E-state index in [-0.39, 0.29) is 0 Å². The second-order valence-corrected chi connectivity index (χ2v) is 4.15. The minimum atomic E-state index is 0.682. The first-order valence-corrected chi connectivity index (χ1v) is 5.11. The minimum Gasteiger partial charge on any atom is -0.112 e. The van der Waals surface area contributed by atoms with Crippen molar-refractivity contribution in [1.82, 2.24) is 0 Å². The van der Waals surface area contributed by atoms with E-state index in [1.807, 2.05) is 0 Å². The summed E-state index contributed by atoms with van der Waals surface area (Å²) in [6.45, 7) is 11.2. The van der Waals surface area contributed by atoms with E-state index in [0.29, 0.717) is 11.7 Å². The minimum absolute atomic E-state index is 0.682. The average Bonchev–Trinajstić information content (AvgIpc) is 1.84. The van der Waals surface area contributed by atoms with Gasteiger partial charge in [0.25, 0.3) is 0 Å². The van der Waals surface area contributed by atoms with E-state index in [2.05, 4.69) is 48.0 Å². The Bertz CT molecular complexity index is 134. The first-order chi connectivity index (χ1) is 5.56. The molecule has 0 heterocycles. The molecule has 12 heavy (non-hydrogen) atoms. The summed E-state index contributed by atoms with van der Waals surface area (Å²) in [5.74, 6) is 1.36. The highest BCUT2D eigenvalue weighted by atomic mass is 13.9. The van der Waals surface area contributed by atoms with E-state index in [1.54, 1.807) is 0 Å². The van der Waals surface area contributed by atoms with Crippen molar-refractivity contribution in [1.29, 1.82) is 0 Å². The fourth-order valence-corrected chi connectivity index (χ4v) is 1.37. The van der Waals surface area contributed by atoms with Gasteiger partial charge in [-0.05, 0) is 12.3 Å². The van der Waals surface area contributed by atoms with Crippen LogP contribution in [-0.4, -0.2) is 7.28 Å². The lowest BCUT2D eigenvalue weighted by Crippen LogP contribution is -2.02. The molecule has 0 bridgehead atoms. The van der Waals surface area contributed by atoms with Crippen LogP contribution in [0.15, 0.2) is 11.5 Å². The topological polar surface area (TPSA) is 0 Å². The molecular weight excluding hydrogens is 143 g/mol. The quantitative estimate of drug-likeness (QED) is 0.542. The van der Waals surface area contributed by atoms with E-state index in [1.165, 1.54) is 18.3 Å². The maximum absolute atomic E-state index is 2.38. The highest BCUT2D eigenvalue weighted by Crippen LogP contribution is 2.13. The lowest BCUT2D eigenvalue weighted by molar-refractivity contribution is 0.811. The molecule has 69 valence electrons. The predicted octanol–water partition coefficient (Wildman–Crippen LogP) is 3.86. The molecule has 0 atom stereocenters. The molecule has 0 aliphatic rings. The van der Waals surface area contributed by atoms with Gasteiger partial charge in [-0.2, -0.15) is 0 Å².